The Morgan fingerprint density at radius 2 is 1.79 bits per heavy atom. The zero-order chi connectivity index (χ0) is 16.9. The number of para-hydroxylation sites is 1. The lowest BCUT2D eigenvalue weighted by atomic mass is 10.0. The first kappa shape index (κ1) is 15.8. The normalized spacial score (nSPS) is 11.8. The van der Waals surface area contributed by atoms with E-state index in [9.17, 15) is 4.79 Å². The molecule has 0 saturated carbocycles. The number of urea groups is 1. The van der Waals surface area contributed by atoms with Crippen LogP contribution in [0.25, 0.3) is 0 Å². The van der Waals surface area contributed by atoms with Crippen molar-refractivity contribution in [1.82, 2.24) is 14.9 Å². The van der Waals surface area contributed by atoms with Crippen molar-refractivity contribution in [1.29, 1.82) is 0 Å². The zero-order valence-electron chi connectivity index (χ0n) is 13.7. The summed E-state index contributed by atoms with van der Waals surface area (Å²) in [5.74, 6) is 0.780. The van der Waals surface area contributed by atoms with Gasteiger partial charge >= 0.3 is 6.03 Å². The Labute approximate surface area is 141 Å². The number of nitrogens with zero attached hydrogens (tertiary/aromatic N) is 2. The van der Waals surface area contributed by atoms with Crippen molar-refractivity contribution in [3.63, 3.8) is 0 Å². The Balaban J connectivity index is 1.84. The molecule has 3 aromatic rings. The summed E-state index contributed by atoms with van der Waals surface area (Å²) in [5, 5.41) is 5.86. The third-order valence-electron chi connectivity index (χ3n) is 3.83. The number of benzene rings is 2. The van der Waals surface area contributed by atoms with Crippen molar-refractivity contribution in [2.24, 2.45) is 7.05 Å². The van der Waals surface area contributed by atoms with E-state index in [0.29, 0.717) is 0 Å². The van der Waals surface area contributed by atoms with E-state index in [2.05, 4.69) is 15.6 Å². The van der Waals surface area contributed by atoms with Gasteiger partial charge in [-0.15, -0.1) is 0 Å². The monoisotopic (exact) mass is 320 g/mol. The minimum Gasteiger partial charge on any atom is -0.336 e. The van der Waals surface area contributed by atoms with Crippen LogP contribution in [0.3, 0.4) is 0 Å². The number of carbonyl (C=O) groups excluding carboxylic acids is 1. The van der Waals surface area contributed by atoms with Crippen molar-refractivity contribution >= 4 is 11.7 Å². The molecule has 0 saturated heterocycles. The fourth-order valence-corrected chi connectivity index (χ4v) is 2.53. The maximum absolute atomic E-state index is 12.4. The van der Waals surface area contributed by atoms with E-state index >= 15 is 0 Å². The highest BCUT2D eigenvalue weighted by Crippen LogP contribution is 2.21. The SMILES string of the molecule is Cc1ccc(C(NC(=O)Nc2ccccc2)c2nccn2C)cc1. The van der Waals surface area contributed by atoms with Crippen LogP contribution in [0.1, 0.15) is 23.0 Å². The fraction of sp³-hybridized carbons (Fsp3) is 0.158. The molecule has 2 aromatic carbocycles. The van der Waals surface area contributed by atoms with Crippen LogP contribution in [0.4, 0.5) is 10.5 Å². The summed E-state index contributed by atoms with van der Waals surface area (Å²) in [5.41, 5.74) is 2.90. The third kappa shape index (κ3) is 3.63. The van der Waals surface area contributed by atoms with Crippen molar-refractivity contribution in [3.05, 3.63) is 83.9 Å². The molecule has 3 rings (SSSR count). The van der Waals surface area contributed by atoms with Crippen molar-refractivity contribution in [2.45, 2.75) is 13.0 Å². The molecule has 2 amide bonds. The topological polar surface area (TPSA) is 59.0 Å². The van der Waals surface area contributed by atoms with Gasteiger partial charge in [-0.1, -0.05) is 48.0 Å². The molecule has 0 aliphatic rings. The van der Waals surface area contributed by atoms with Gasteiger partial charge in [0.1, 0.15) is 11.9 Å². The fourth-order valence-electron chi connectivity index (χ4n) is 2.53. The second-order valence-electron chi connectivity index (χ2n) is 5.70. The Kier molecular flexibility index (Phi) is 4.61. The highest BCUT2D eigenvalue weighted by molar-refractivity contribution is 5.89. The van der Waals surface area contributed by atoms with Gasteiger partial charge in [0.25, 0.3) is 0 Å². The van der Waals surface area contributed by atoms with E-state index in [0.717, 1.165) is 17.1 Å². The Hall–Kier alpha value is -3.08. The average Bonchev–Trinajstić information content (AvgIpc) is 3.00. The Bertz CT molecular complexity index is 809. The van der Waals surface area contributed by atoms with Crippen LogP contribution in [-0.2, 0) is 7.05 Å². The maximum atomic E-state index is 12.4. The van der Waals surface area contributed by atoms with E-state index in [1.54, 1.807) is 6.20 Å². The summed E-state index contributed by atoms with van der Waals surface area (Å²) in [6.07, 6.45) is 3.60. The highest BCUT2D eigenvalue weighted by Gasteiger charge is 2.20. The molecule has 0 radical (unpaired) electrons. The largest absolute Gasteiger partial charge is 0.336 e. The van der Waals surface area contributed by atoms with E-state index in [1.165, 1.54) is 5.56 Å². The van der Waals surface area contributed by atoms with Gasteiger partial charge in [0.15, 0.2) is 0 Å². The smallest absolute Gasteiger partial charge is 0.320 e. The number of hydrogen-bond acceptors (Lipinski definition) is 2. The lowest BCUT2D eigenvalue weighted by molar-refractivity contribution is 0.249. The van der Waals surface area contributed by atoms with Crippen LogP contribution in [0, 0.1) is 6.92 Å². The quantitative estimate of drug-likeness (QED) is 0.771. The van der Waals surface area contributed by atoms with Crippen LogP contribution in [0.2, 0.25) is 0 Å². The first-order chi connectivity index (χ1) is 11.6. The van der Waals surface area contributed by atoms with Gasteiger partial charge < -0.3 is 15.2 Å². The summed E-state index contributed by atoms with van der Waals surface area (Å²) in [7, 11) is 1.92. The third-order valence-corrected chi connectivity index (χ3v) is 3.83. The minimum atomic E-state index is -0.325. The number of rotatable bonds is 4. The molecule has 5 heteroatoms. The molecule has 24 heavy (non-hydrogen) atoms. The van der Waals surface area contributed by atoms with E-state index in [-0.39, 0.29) is 12.1 Å². The first-order valence-corrected chi connectivity index (χ1v) is 7.80. The van der Waals surface area contributed by atoms with Gasteiger partial charge in [-0.25, -0.2) is 9.78 Å². The molecule has 1 aromatic heterocycles. The number of imidazole rings is 1. The minimum absolute atomic E-state index is 0.269. The molecule has 0 fully saturated rings. The van der Waals surface area contributed by atoms with E-state index in [4.69, 9.17) is 0 Å². The zero-order valence-corrected chi connectivity index (χ0v) is 13.7. The number of carbonyl (C=O) groups is 1. The van der Waals surface area contributed by atoms with E-state index < -0.39 is 0 Å². The standard InChI is InChI=1S/C19H20N4O/c1-14-8-10-15(11-9-14)17(18-20-12-13-23(18)2)22-19(24)21-16-6-4-3-5-7-16/h3-13,17H,1-2H3,(H2,21,22,24). The first-order valence-electron chi connectivity index (χ1n) is 7.80. The molecule has 5 nitrogen and oxygen atoms in total. The summed E-state index contributed by atoms with van der Waals surface area (Å²) in [6.45, 7) is 2.04. The number of hydrogen-bond donors (Lipinski definition) is 2. The molecular formula is C19H20N4O. The lowest BCUT2D eigenvalue weighted by Crippen LogP contribution is -2.34. The number of amides is 2. The van der Waals surface area contributed by atoms with Crippen LogP contribution >= 0.6 is 0 Å². The summed E-state index contributed by atoms with van der Waals surface area (Å²) in [4.78, 5) is 16.8. The predicted octanol–water partition coefficient (Wildman–Crippen LogP) is 3.64. The van der Waals surface area contributed by atoms with Gasteiger partial charge in [0, 0.05) is 25.1 Å². The van der Waals surface area contributed by atoms with Gasteiger partial charge in [-0.05, 0) is 24.6 Å². The van der Waals surface area contributed by atoms with E-state index in [1.807, 2.05) is 79.3 Å². The van der Waals surface area contributed by atoms with Gasteiger partial charge in [-0.3, -0.25) is 0 Å². The van der Waals surface area contributed by atoms with Gasteiger partial charge in [0.2, 0.25) is 0 Å². The second kappa shape index (κ2) is 7.00. The van der Waals surface area contributed by atoms with Crippen LogP contribution in [-0.4, -0.2) is 15.6 Å². The van der Waals surface area contributed by atoms with Crippen molar-refractivity contribution in [2.75, 3.05) is 5.32 Å². The van der Waals surface area contributed by atoms with Crippen LogP contribution in [0.15, 0.2) is 67.0 Å². The van der Waals surface area contributed by atoms with Crippen molar-refractivity contribution in [3.8, 4) is 0 Å². The number of nitrogens with one attached hydrogen (secondary N) is 2. The molecule has 0 aliphatic carbocycles. The number of aromatic nitrogens is 2. The van der Waals surface area contributed by atoms with Gasteiger partial charge in [0.05, 0.1) is 0 Å². The second-order valence-corrected chi connectivity index (χ2v) is 5.70. The Morgan fingerprint density at radius 3 is 2.42 bits per heavy atom. The molecule has 0 aliphatic heterocycles. The molecule has 2 N–H and O–H groups in total. The molecular weight excluding hydrogens is 300 g/mol. The molecule has 1 atom stereocenters. The molecule has 0 spiro atoms. The van der Waals surface area contributed by atoms with Crippen LogP contribution in [0.5, 0.6) is 0 Å². The Morgan fingerprint density at radius 1 is 1.08 bits per heavy atom. The van der Waals surface area contributed by atoms with Crippen molar-refractivity contribution < 1.29 is 4.79 Å². The lowest BCUT2D eigenvalue weighted by Gasteiger charge is -2.19. The molecule has 122 valence electrons. The number of aryl methyl sites for hydroxylation is 2. The summed E-state index contributed by atoms with van der Waals surface area (Å²) < 4.78 is 1.91. The average molecular weight is 320 g/mol. The van der Waals surface area contributed by atoms with Gasteiger partial charge in [-0.2, -0.15) is 0 Å². The number of anilines is 1. The summed E-state index contributed by atoms with van der Waals surface area (Å²) in [6, 6.07) is 16.9. The highest BCUT2D eigenvalue weighted by atomic mass is 16.2. The van der Waals surface area contributed by atoms with Crippen LogP contribution < -0.4 is 10.6 Å². The maximum Gasteiger partial charge on any atom is 0.320 e. The summed E-state index contributed by atoms with van der Waals surface area (Å²) >= 11 is 0. The molecule has 0 bridgehead atoms. The predicted molar refractivity (Wildman–Crippen MR) is 94.8 cm³/mol. The molecule has 1 unspecified atom stereocenters. The molecule has 1 heterocycles.